The van der Waals surface area contributed by atoms with Crippen molar-refractivity contribution >= 4 is 27.5 Å². The van der Waals surface area contributed by atoms with Crippen molar-refractivity contribution in [3.63, 3.8) is 0 Å². The minimum Gasteiger partial charge on any atom is -0.493 e. The lowest BCUT2D eigenvalue weighted by Crippen LogP contribution is -2.06. The molecular formula is C19H19NO4S. The van der Waals surface area contributed by atoms with Crippen molar-refractivity contribution < 1.29 is 19.0 Å². The number of methoxy groups -OCH3 is 1. The van der Waals surface area contributed by atoms with Crippen LogP contribution in [0.15, 0.2) is 42.5 Å². The molecule has 0 aliphatic carbocycles. The Balaban J connectivity index is 1.68. The zero-order chi connectivity index (χ0) is 17.6. The van der Waals surface area contributed by atoms with Crippen LogP contribution in [0.1, 0.15) is 28.7 Å². The fourth-order valence-electron chi connectivity index (χ4n) is 2.32. The number of fused-ring (bicyclic) bond motifs is 1. The maximum atomic E-state index is 12.3. The number of esters is 1. The van der Waals surface area contributed by atoms with Gasteiger partial charge in [0, 0.05) is 0 Å². The van der Waals surface area contributed by atoms with Crippen LogP contribution in [-0.4, -0.2) is 24.7 Å². The van der Waals surface area contributed by atoms with Gasteiger partial charge >= 0.3 is 5.97 Å². The first-order chi connectivity index (χ1) is 12.2. The molecule has 2 aromatic carbocycles. The molecule has 3 aromatic rings. The summed E-state index contributed by atoms with van der Waals surface area (Å²) in [6.45, 7) is 2.77. The largest absolute Gasteiger partial charge is 0.493 e. The molecule has 5 nitrogen and oxygen atoms in total. The van der Waals surface area contributed by atoms with Crippen LogP contribution in [0.4, 0.5) is 0 Å². The van der Waals surface area contributed by atoms with Crippen LogP contribution in [0, 0.1) is 0 Å². The average molecular weight is 357 g/mol. The highest BCUT2D eigenvalue weighted by Crippen LogP contribution is 2.29. The number of carbonyl (C=O) groups is 1. The van der Waals surface area contributed by atoms with E-state index in [4.69, 9.17) is 14.2 Å². The fraction of sp³-hybridized carbons (Fsp3) is 0.263. The van der Waals surface area contributed by atoms with E-state index in [1.807, 2.05) is 31.2 Å². The Morgan fingerprint density at radius 3 is 2.76 bits per heavy atom. The summed E-state index contributed by atoms with van der Waals surface area (Å²) in [7, 11) is 1.55. The van der Waals surface area contributed by atoms with Gasteiger partial charge in [-0.05, 0) is 36.8 Å². The predicted octanol–water partition coefficient (Wildman–Crippen LogP) is 4.45. The summed E-state index contributed by atoms with van der Waals surface area (Å²) in [5.41, 5.74) is 1.33. The highest BCUT2D eigenvalue weighted by Gasteiger charge is 2.13. The van der Waals surface area contributed by atoms with Gasteiger partial charge in [-0.3, -0.25) is 0 Å². The van der Waals surface area contributed by atoms with Gasteiger partial charge in [0.05, 0.1) is 29.5 Å². The summed E-state index contributed by atoms with van der Waals surface area (Å²) >= 11 is 1.52. The Morgan fingerprint density at radius 1 is 1.16 bits per heavy atom. The van der Waals surface area contributed by atoms with Crippen molar-refractivity contribution in [3.8, 4) is 11.5 Å². The molecule has 25 heavy (non-hydrogen) atoms. The molecule has 0 saturated heterocycles. The summed E-state index contributed by atoms with van der Waals surface area (Å²) in [5.74, 6) is 0.717. The normalized spacial score (nSPS) is 10.6. The van der Waals surface area contributed by atoms with Crippen molar-refractivity contribution in [2.75, 3.05) is 13.7 Å². The molecule has 0 spiro atoms. The summed E-state index contributed by atoms with van der Waals surface area (Å²) in [6.07, 6.45) is 0.898. The van der Waals surface area contributed by atoms with E-state index in [0.717, 1.165) is 21.6 Å². The first-order valence-corrected chi connectivity index (χ1v) is 8.85. The molecule has 0 unspecified atom stereocenters. The van der Waals surface area contributed by atoms with Gasteiger partial charge in [-0.2, -0.15) is 0 Å². The Bertz CT molecular complexity index is 842. The summed E-state index contributed by atoms with van der Waals surface area (Å²) in [5, 5.41) is 0.768. The van der Waals surface area contributed by atoms with Gasteiger partial charge in [0.2, 0.25) is 0 Å². The minimum absolute atomic E-state index is 0.147. The lowest BCUT2D eigenvalue weighted by atomic mass is 10.2. The second-order valence-electron chi connectivity index (χ2n) is 5.37. The van der Waals surface area contributed by atoms with Crippen molar-refractivity contribution in [1.82, 2.24) is 4.98 Å². The predicted molar refractivity (Wildman–Crippen MR) is 97.5 cm³/mol. The Hall–Kier alpha value is -2.60. The van der Waals surface area contributed by atoms with Gasteiger partial charge in [-0.15, -0.1) is 11.3 Å². The van der Waals surface area contributed by atoms with Crippen LogP contribution in [0.2, 0.25) is 0 Å². The fourth-order valence-corrected chi connectivity index (χ4v) is 3.20. The van der Waals surface area contributed by atoms with Crippen LogP contribution in [-0.2, 0) is 11.3 Å². The molecule has 6 heteroatoms. The third-order valence-electron chi connectivity index (χ3n) is 3.53. The van der Waals surface area contributed by atoms with Gasteiger partial charge in [-0.1, -0.05) is 19.1 Å². The lowest BCUT2D eigenvalue weighted by Gasteiger charge is -2.11. The molecular weight excluding hydrogens is 338 g/mol. The number of hydrogen-bond acceptors (Lipinski definition) is 6. The van der Waals surface area contributed by atoms with Crippen LogP contribution in [0.25, 0.3) is 10.2 Å². The molecule has 3 rings (SSSR count). The monoisotopic (exact) mass is 357 g/mol. The zero-order valence-electron chi connectivity index (χ0n) is 14.2. The average Bonchev–Trinajstić information content (AvgIpc) is 3.07. The van der Waals surface area contributed by atoms with E-state index in [9.17, 15) is 4.79 Å². The maximum Gasteiger partial charge on any atom is 0.338 e. The van der Waals surface area contributed by atoms with Gasteiger partial charge < -0.3 is 14.2 Å². The topological polar surface area (TPSA) is 57.7 Å². The molecule has 0 aliphatic heterocycles. The molecule has 1 heterocycles. The number of ether oxygens (including phenoxy) is 3. The van der Waals surface area contributed by atoms with Crippen molar-refractivity contribution in [2.24, 2.45) is 0 Å². The van der Waals surface area contributed by atoms with E-state index in [2.05, 4.69) is 4.98 Å². The van der Waals surface area contributed by atoms with Gasteiger partial charge in [0.25, 0.3) is 0 Å². The number of nitrogens with zero attached hydrogens (tertiary/aromatic N) is 1. The van der Waals surface area contributed by atoms with Crippen molar-refractivity contribution in [1.29, 1.82) is 0 Å². The van der Waals surface area contributed by atoms with Gasteiger partial charge in [-0.25, -0.2) is 9.78 Å². The minimum atomic E-state index is -0.417. The summed E-state index contributed by atoms with van der Waals surface area (Å²) < 4.78 is 17.3. The zero-order valence-corrected chi connectivity index (χ0v) is 15.0. The number of rotatable bonds is 7. The Morgan fingerprint density at radius 2 is 2.00 bits per heavy atom. The van der Waals surface area contributed by atoms with Crippen LogP contribution in [0.5, 0.6) is 11.5 Å². The van der Waals surface area contributed by atoms with Crippen LogP contribution in [0.3, 0.4) is 0 Å². The molecule has 0 bridgehead atoms. The van der Waals surface area contributed by atoms with Crippen LogP contribution < -0.4 is 9.47 Å². The third-order valence-corrected chi connectivity index (χ3v) is 4.54. The van der Waals surface area contributed by atoms with Crippen LogP contribution >= 0.6 is 11.3 Å². The maximum absolute atomic E-state index is 12.3. The first kappa shape index (κ1) is 17.2. The van der Waals surface area contributed by atoms with Gasteiger partial charge in [0.1, 0.15) is 11.6 Å². The van der Waals surface area contributed by atoms with Crippen molar-refractivity contribution in [2.45, 2.75) is 20.0 Å². The number of carbonyl (C=O) groups excluding carboxylic acids is 1. The van der Waals surface area contributed by atoms with E-state index in [0.29, 0.717) is 23.7 Å². The smallest absolute Gasteiger partial charge is 0.338 e. The summed E-state index contributed by atoms with van der Waals surface area (Å²) in [6, 6.07) is 12.9. The van der Waals surface area contributed by atoms with Gasteiger partial charge in [0.15, 0.2) is 11.5 Å². The molecule has 1 aromatic heterocycles. The SMILES string of the molecule is CCCOc1ccc(C(=O)OCc2nc3ccccc3s2)cc1OC. The number of para-hydroxylation sites is 1. The van der Waals surface area contributed by atoms with E-state index < -0.39 is 5.97 Å². The molecule has 0 N–H and O–H groups in total. The summed E-state index contributed by atoms with van der Waals surface area (Å²) in [4.78, 5) is 16.7. The molecule has 0 radical (unpaired) electrons. The van der Waals surface area contributed by atoms with Crippen molar-refractivity contribution in [3.05, 3.63) is 53.0 Å². The highest BCUT2D eigenvalue weighted by atomic mass is 32.1. The molecule has 0 aliphatic rings. The van der Waals surface area contributed by atoms with E-state index in [1.165, 1.54) is 11.3 Å². The number of benzene rings is 2. The second kappa shape index (κ2) is 7.98. The highest BCUT2D eigenvalue weighted by molar-refractivity contribution is 7.18. The number of thiazole rings is 1. The standard InChI is InChI=1S/C19H19NO4S/c1-3-10-23-15-9-8-13(11-16(15)22-2)19(21)24-12-18-20-14-6-4-5-7-17(14)25-18/h4-9,11H,3,10,12H2,1-2H3. The lowest BCUT2D eigenvalue weighted by molar-refractivity contribution is 0.0472. The third kappa shape index (κ3) is 4.09. The van der Waals surface area contributed by atoms with E-state index in [-0.39, 0.29) is 6.61 Å². The van der Waals surface area contributed by atoms with E-state index in [1.54, 1.807) is 25.3 Å². The molecule has 130 valence electrons. The second-order valence-corrected chi connectivity index (χ2v) is 6.48. The molecule has 0 atom stereocenters. The molecule has 0 fully saturated rings. The molecule has 0 saturated carbocycles. The Labute approximate surface area is 150 Å². The first-order valence-electron chi connectivity index (χ1n) is 8.03. The number of aromatic nitrogens is 1. The molecule has 0 amide bonds. The van der Waals surface area contributed by atoms with E-state index >= 15 is 0 Å². The quantitative estimate of drug-likeness (QED) is 0.585. The number of hydrogen-bond donors (Lipinski definition) is 0. The Kier molecular flexibility index (Phi) is 5.50.